The van der Waals surface area contributed by atoms with E-state index in [1.807, 2.05) is 23.1 Å². The number of hydrogen-bond acceptors (Lipinski definition) is 5. The van der Waals surface area contributed by atoms with Gasteiger partial charge in [-0.05, 0) is 48.0 Å². The summed E-state index contributed by atoms with van der Waals surface area (Å²) in [5.74, 6) is -2.31. The Labute approximate surface area is 196 Å². The highest BCUT2D eigenvalue weighted by Crippen LogP contribution is 2.25. The average molecular weight is 466 g/mol. The fourth-order valence-electron chi connectivity index (χ4n) is 4.00. The van der Waals surface area contributed by atoms with E-state index in [-0.39, 0.29) is 18.4 Å². The number of halogens is 2. The van der Waals surface area contributed by atoms with Gasteiger partial charge in [0, 0.05) is 50.8 Å². The van der Waals surface area contributed by atoms with Crippen molar-refractivity contribution in [1.82, 2.24) is 15.2 Å². The number of aromatic nitrogens is 1. The van der Waals surface area contributed by atoms with Gasteiger partial charge in [-0.1, -0.05) is 18.2 Å². The van der Waals surface area contributed by atoms with Gasteiger partial charge >= 0.3 is 11.8 Å². The van der Waals surface area contributed by atoms with Crippen molar-refractivity contribution in [2.45, 2.75) is 6.04 Å². The number of benzene rings is 2. The van der Waals surface area contributed by atoms with E-state index >= 15 is 0 Å². The third kappa shape index (κ3) is 5.74. The number of anilines is 2. The molecule has 34 heavy (non-hydrogen) atoms. The Balaban J connectivity index is 1.39. The molecule has 1 fully saturated rings. The van der Waals surface area contributed by atoms with Crippen LogP contribution in [0.5, 0.6) is 0 Å². The Bertz CT molecular complexity index is 1120. The van der Waals surface area contributed by atoms with E-state index in [9.17, 15) is 18.4 Å². The topological polar surface area (TPSA) is 77.6 Å². The van der Waals surface area contributed by atoms with Crippen molar-refractivity contribution in [3.63, 3.8) is 0 Å². The van der Waals surface area contributed by atoms with Crippen LogP contribution in [0.4, 0.5) is 20.2 Å². The minimum absolute atomic E-state index is 0.195. The maximum atomic E-state index is 14.2. The number of pyridine rings is 1. The Morgan fingerprint density at radius 1 is 0.912 bits per heavy atom. The quantitative estimate of drug-likeness (QED) is 0.548. The van der Waals surface area contributed by atoms with Crippen LogP contribution in [0.1, 0.15) is 11.6 Å². The van der Waals surface area contributed by atoms with Crippen LogP contribution in [0.3, 0.4) is 0 Å². The zero-order chi connectivity index (χ0) is 23.9. The van der Waals surface area contributed by atoms with E-state index in [1.54, 1.807) is 24.5 Å². The van der Waals surface area contributed by atoms with E-state index < -0.39 is 17.6 Å². The van der Waals surface area contributed by atoms with E-state index in [2.05, 4.69) is 20.5 Å². The van der Waals surface area contributed by atoms with Crippen molar-refractivity contribution in [1.29, 1.82) is 0 Å². The van der Waals surface area contributed by atoms with Crippen molar-refractivity contribution in [2.75, 3.05) is 42.9 Å². The number of para-hydroxylation sites is 1. The summed E-state index contributed by atoms with van der Waals surface area (Å²) in [5, 5.41) is 5.15. The fraction of sp³-hybridized carbons (Fsp3) is 0.240. The first kappa shape index (κ1) is 23.3. The van der Waals surface area contributed by atoms with Crippen molar-refractivity contribution >= 4 is 23.2 Å². The first-order chi connectivity index (χ1) is 16.5. The molecule has 3 aromatic rings. The molecule has 7 nitrogen and oxygen atoms in total. The summed E-state index contributed by atoms with van der Waals surface area (Å²) in [5.41, 5.74) is 1.81. The number of amides is 2. The molecule has 4 rings (SSSR count). The van der Waals surface area contributed by atoms with Crippen LogP contribution in [-0.4, -0.2) is 54.4 Å². The van der Waals surface area contributed by atoms with Gasteiger partial charge < -0.3 is 15.5 Å². The van der Waals surface area contributed by atoms with Crippen molar-refractivity contribution in [2.24, 2.45) is 0 Å². The van der Waals surface area contributed by atoms with Crippen molar-refractivity contribution in [3.05, 3.63) is 90.3 Å². The highest BCUT2D eigenvalue weighted by atomic mass is 19.1. The lowest BCUT2D eigenvalue weighted by Gasteiger charge is -2.40. The molecule has 1 atom stereocenters. The predicted molar refractivity (Wildman–Crippen MR) is 125 cm³/mol. The normalized spacial score (nSPS) is 14.9. The largest absolute Gasteiger partial charge is 0.367 e. The number of carbonyl (C=O) groups is 2. The maximum Gasteiger partial charge on any atom is 0.313 e. The molecule has 1 aromatic heterocycles. The second kappa shape index (κ2) is 10.8. The monoisotopic (exact) mass is 465 g/mol. The van der Waals surface area contributed by atoms with Gasteiger partial charge in [-0.25, -0.2) is 8.78 Å². The molecule has 2 aromatic carbocycles. The minimum Gasteiger partial charge on any atom is -0.367 e. The summed E-state index contributed by atoms with van der Waals surface area (Å²) in [6.45, 7) is 2.73. The van der Waals surface area contributed by atoms with Crippen LogP contribution in [0, 0.1) is 11.6 Å². The molecule has 0 saturated carbocycles. The predicted octanol–water partition coefficient (Wildman–Crippen LogP) is 2.98. The van der Waals surface area contributed by atoms with Crippen LogP contribution in [0.25, 0.3) is 0 Å². The van der Waals surface area contributed by atoms with E-state index in [4.69, 9.17) is 0 Å². The van der Waals surface area contributed by atoms with Gasteiger partial charge in [0.25, 0.3) is 0 Å². The molecule has 1 saturated heterocycles. The molecular weight excluding hydrogens is 440 g/mol. The lowest BCUT2D eigenvalue weighted by atomic mass is 10.1. The van der Waals surface area contributed by atoms with Gasteiger partial charge in [0.1, 0.15) is 11.6 Å². The number of carbonyl (C=O) groups excluding carboxylic acids is 2. The maximum absolute atomic E-state index is 14.2. The third-order valence-corrected chi connectivity index (χ3v) is 5.78. The molecular formula is C25H25F2N5O2. The van der Waals surface area contributed by atoms with Crippen LogP contribution in [0.15, 0.2) is 73.1 Å². The van der Waals surface area contributed by atoms with Gasteiger partial charge in [-0.15, -0.1) is 0 Å². The molecule has 0 radical (unpaired) electrons. The second-order valence-corrected chi connectivity index (χ2v) is 7.95. The Hall–Kier alpha value is -3.85. The Morgan fingerprint density at radius 3 is 2.32 bits per heavy atom. The van der Waals surface area contributed by atoms with E-state index in [0.717, 1.165) is 5.56 Å². The number of nitrogens with zero attached hydrogens (tertiary/aromatic N) is 3. The van der Waals surface area contributed by atoms with Gasteiger partial charge in [-0.2, -0.15) is 0 Å². The zero-order valence-corrected chi connectivity index (χ0v) is 18.5. The molecule has 9 heteroatoms. The van der Waals surface area contributed by atoms with E-state index in [0.29, 0.717) is 37.6 Å². The van der Waals surface area contributed by atoms with Crippen LogP contribution in [0.2, 0.25) is 0 Å². The molecule has 2 N–H and O–H groups in total. The SMILES string of the molecule is O=C(NCC(c1cccnc1)N1CCN(c2ccccc2F)CC1)C(=O)Nc1ccc(F)cc1. The van der Waals surface area contributed by atoms with Crippen molar-refractivity contribution in [3.8, 4) is 0 Å². The molecule has 1 aliphatic heterocycles. The van der Waals surface area contributed by atoms with Crippen LogP contribution < -0.4 is 15.5 Å². The molecule has 1 unspecified atom stereocenters. The van der Waals surface area contributed by atoms with Crippen molar-refractivity contribution < 1.29 is 18.4 Å². The third-order valence-electron chi connectivity index (χ3n) is 5.78. The summed E-state index contributed by atoms with van der Waals surface area (Å²) in [6, 6.07) is 15.4. The lowest BCUT2D eigenvalue weighted by Crippen LogP contribution is -2.50. The molecule has 1 aliphatic rings. The molecule has 2 heterocycles. The summed E-state index contributed by atoms with van der Waals surface area (Å²) in [7, 11) is 0. The van der Waals surface area contributed by atoms with Gasteiger partial charge in [0.15, 0.2) is 0 Å². The highest BCUT2D eigenvalue weighted by Gasteiger charge is 2.27. The summed E-state index contributed by atoms with van der Waals surface area (Å²) in [4.78, 5) is 33.1. The Morgan fingerprint density at radius 2 is 1.65 bits per heavy atom. The first-order valence-corrected chi connectivity index (χ1v) is 11.0. The van der Waals surface area contributed by atoms with Gasteiger partial charge in [0.2, 0.25) is 0 Å². The lowest BCUT2D eigenvalue weighted by molar-refractivity contribution is -0.136. The fourth-order valence-corrected chi connectivity index (χ4v) is 4.00. The summed E-state index contributed by atoms with van der Waals surface area (Å²) < 4.78 is 27.2. The number of nitrogens with one attached hydrogen (secondary N) is 2. The Kier molecular flexibility index (Phi) is 7.44. The van der Waals surface area contributed by atoms with Gasteiger partial charge in [-0.3, -0.25) is 19.5 Å². The van der Waals surface area contributed by atoms with Crippen LogP contribution in [-0.2, 0) is 9.59 Å². The summed E-state index contributed by atoms with van der Waals surface area (Å²) in [6.07, 6.45) is 3.41. The second-order valence-electron chi connectivity index (χ2n) is 7.95. The van der Waals surface area contributed by atoms with Gasteiger partial charge in [0.05, 0.1) is 11.7 Å². The number of piperazine rings is 1. The summed E-state index contributed by atoms with van der Waals surface area (Å²) >= 11 is 0. The number of rotatable bonds is 6. The smallest absolute Gasteiger partial charge is 0.313 e. The molecule has 2 amide bonds. The first-order valence-electron chi connectivity index (χ1n) is 11.0. The van der Waals surface area contributed by atoms with E-state index in [1.165, 1.54) is 30.3 Å². The molecule has 0 bridgehead atoms. The zero-order valence-electron chi connectivity index (χ0n) is 18.5. The molecule has 176 valence electrons. The number of hydrogen-bond donors (Lipinski definition) is 2. The standard InChI is InChI=1S/C25H25F2N5O2/c26-19-7-9-20(10-8-19)30-25(34)24(33)29-17-23(18-4-3-11-28-16-18)32-14-12-31(13-15-32)22-6-2-1-5-21(22)27/h1-11,16,23H,12-15,17H2,(H,29,33)(H,30,34). The molecule has 0 aliphatic carbocycles. The highest BCUT2D eigenvalue weighted by molar-refractivity contribution is 6.39. The molecule has 0 spiro atoms. The average Bonchev–Trinajstić information content (AvgIpc) is 2.87. The van der Waals surface area contributed by atoms with Crippen LogP contribution >= 0.6 is 0 Å². The minimum atomic E-state index is -0.832.